The highest BCUT2D eigenvalue weighted by Gasteiger charge is 2.30. The largest absolute Gasteiger partial charge is 0.396 e. The van der Waals surface area contributed by atoms with Gasteiger partial charge in [-0.1, -0.05) is 11.6 Å². The van der Waals surface area contributed by atoms with Gasteiger partial charge in [-0.25, -0.2) is 12.8 Å². The van der Waals surface area contributed by atoms with Gasteiger partial charge in [0.15, 0.2) is 0 Å². The Hall–Kier alpha value is -0.690. The fraction of sp³-hybridized carbons (Fsp3) is 0.538. The molecule has 0 radical (unpaired) electrons. The summed E-state index contributed by atoms with van der Waals surface area (Å²) in [4.78, 5) is 0.00792. The smallest absolute Gasteiger partial charge is 0.243 e. The summed E-state index contributed by atoms with van der Waals surface area (Å²) in [5, 5.41) is 8.77. The zero-order chi connectivity index (χ0) is 14.8. The standard InChI is InChI=1S/C13H17ClFNO3S/c14-12-8-11(3-4-13(12)15)20(18,19)16-6-1-2-10(9-16)5-7-17/h3-4,8,10,17H,1-2,5-7,9H2. The molecule has 1 aliphatic rings. The van der Waals surface area contributed by atoms with E-state index in [1.165, 1.54) is 10.4 Å². The molecule has 0 saturated carbocycles. The quantitative estimate of drug-likeness (QED) is 0.925. The Balaban J connectivity index is 2.23. The fourth-order valence-corrected chi connectivity index (χ4v) is 4.28. The minimum Gasteiger partial charge on any atom is -0.396 e. The number of hydrogen-bond donors (Lipinski definition) is 1. The van der Waals surface area contributed by atoms with Crippen LogP contribution in [0, 0.1) is 11.7 Å². The van der Waals surface area contributed by atoms with E-state index in [2.05, 4.69) is 0 Å². The normalized spacial score (nSPS) is 21.1. The minimum atomic E-state index is -3.65. The average Bonchev–Trinajstić information content (AvgIpc) is 2.42. The third kappa shape index (κ3) is 3.31. The molecule has 1 saturated heterocycles. The van der Waals surface area contributed by atoms with Crippen LogP contribution in [0.3, 0.4) is 0 Å². The van der Waals surface area contributed by atoms with E-state index in [4.69, 9.17) is 16.7 Å². The van der Waals surface area contributed by atoms with E-state index in [9.17, 15) is 12.8 Å². The third-order valence-electron chi connectivity index (χ3n) is 3.55. The summed E-state index contributed by atoms with van der Waals surface area (Å²) >= 11 is 5.65. The van der Waals surface area contributed by atoms with E-state index in [1.807, 2.05) is 0 Å². The Morgan fingerprint density at radius 3 is 2.85 bits per heavy atom. The number of halogens is 2. The molecule has 0 bridgehead atoms. The molecule has 1 aliphatic heterocycles. The molecule has 20 heavy (non-hydrogen) atoms. The van der Waals surface area contributed by atoms with Crippen LogP contribution in [0.4, 0.5) is 4.39 Å². The van der Waals surface area contributed by atoms with Crippen LogP contribution in [0.15, 0.2) is 23.1 Å². The number of piperidine rings is 1. The lowest BCUT2D eigenvalue weighted by atomic mass is 9.97. The molecule has 7 heteroatoms. The predicted molar refractivity (Wildman–Crippen MR) is 74.6 cm³/mol. The molecule has 1 fully saturated rings. The van der Waals surface area contributed by atoms with Gasteiger partial charge in [-0.15, -0.1) is 0 Å². The highest BCUT2D eigenvalue weighted by Crippen LogP contribution is 2.27. The second-order valence-corrected chi connectivity index (χ2v) is 7.30. The van der Waals surface area contributed by atoms with Crippen molar-refractivity contribution in [3.05, 3.63) is 29.0 Å². The van der Waals surface area contributed by atoms with Gasteiger partial charge in [0.25, 0.3) is 0 Å². The van der Waals surface area contributed by atoms with Gasteiger partial charge < -0.3 is 5.11 Å². The van der Waals surface area contributed by atoms with Gasteiger partial charge in [-0.3, -0.25) is 0 Å². The minimum absolute atomic E-state index is 0.00792. The van der Waals surface area contributed by atoms with E-state index >= 15 is 0 Å². The first kappa shape index (κ1) is 15.7. The van der Waals surface area contributed by atoms with E-state index in [0.29, 0.717) is 19.5 Å². The van der Waals surface area contributed by atoms with Gasteiger partial charge in [0.05, 0.1) is 9.92 Å². The van der Waals surface area contributed by atoms with E-state index in [-0.39, 0.29) is 22.4 Å². The van der Waals surface area contributed by atoms with Crippen molar-refractivity contribution in [3.63, 3.8) is 0 Å². The van der Waals surface area contributed by atoms with Crippen LogP contribution in [-0.4, -0.2) is 37.5 Å². The molecule has 1 heterocycles. The summed E-state index contributed by atoms with van der Waals surface area (Å²) in [6.45, 7) is 0.887. The number of sulfonamides is 1. The molecule has 2 rings (SSSR count). The maximum Gasteiger partial charge on any atom is 0.243 e. The number of benzene rings is 1. The number of aliphatic hydroxyl groups excluding tert-OH is 1. The summed E-state index contributed by atoms with van der Waals surface area (Å²) in [7, 11) is -3.65. The molecule has 1 unspecified atom stereocenters. The Bertz CT molecular complexity index is 577. The van der Waals surface area contributed by atoms with Crippen molar-refractivity contribution in [2.75, 3.05) is 19.7 Å². The molecule has 0 aromatic heterocycles. The van der Waals surface area contributed by atoms with Gasteiger partial charge >= 0.3 is 0 Å². The Labute approximate surface area is 123 Å². The maximum atomic E-state index is 13.1. The first-order valence-corrected chi connectivity index (χ1v) is 8.33. The number of aliphatic hydroxyl groups is 1. The third-order valence-corrected chi connectivity index (χ3v) is 5.70. The van der Waals surface area contributed by atoms with Crippen molar-refractivity contribution in [1.29, 1.82) is 0 Å². The molecular weight excluding hydrogens is 305 g/mol. The van der Waals surface area contributed by atoms with Crippen LogP contribution in [0.1, 0.15) is 19.3 Å². The van der Waals surface area contributed by atoms with Crippen molar-refractivity contribution in [2.24, 2.45) is 5.92 Å². The first-order valence-electron chi connectivity index (χ1n) is 6.51. The second kappa shape index (κ2) is 6.39. The van der Waals surface area contributed by atoms with Gasteiger partial charge in [0.1, 0.15) is 5.82 Å². The zero-order valence-electron chi connectivity index (χ0n) is 10.9. The number of hydrogen-bond acceptors (Lipinski definition) is 3. The van der Waals surface area contributed by atoms with Gasteiger partial charge in [-0.05, 0) is 43.4 Å². The molecule has 0 spiro atoms. The van der Waals surface area contributed by atoms with Gasteiger partial charge in [0.2, 0.25) is 10.0 Å². The summed E-state index contributed by atoms with van der Waals surface area (Å²) < 4.78 is 39.5. The molecular formula is C13H17ClFNO3S. The summed E-state index contributed by atoms with van der Waals surface area (Å²) in [5.41, 5.74) is 0. The van der Waals surface area contributed by atoms with Crippen molar-refractivity contribution < 1.29 is 17.9 Å². The maximum absolute atomic E-state index is 13.1. The summed E-state index contributed by atoms with van der Waals surface area (Å²) in [6.07, 6.45) is 2.27. The summed E-state index contributed by atoms with van der Waals surface area (Å²) in [6, 6.07) is 3.43. The van der Waals surface area contributed by atoms with Crippen LogP contribution >= 0.6 is 11.6 Å². The van der Waals surface area contributed by atoms with Crippen molar-refractivity contribution >= 4 is 21.6 Å². The Morgan fingerprint density at radius 2 is 2.20 bits per heavy atom. The van der Waals surface area contributed by atoms with Gasteiger partial charge in [-0.2, -0.15) is 4.31 Å². The zero-order valence-corrected chi connectivity index (χ0v) is 12.5. The van der Waals surface area contributed by atoms with Gasteiger partial charge in [0, 0.05) is 19.7 Å². The highest BCUT2D eigenvalue weighted by molar-refractivity contribution is 7.89. The number of rotatable bonds is 4. The first-order chi connectivity index (χ1) is 9.45. The van der Waals surface area contributed by atoms with Crippen molar-refractivity contribution in [3.8, 4) is 0 Å². The lowest BCUT2D eigenvalue weighted by molar-refractivity contribution is 0.203. The monoisotopic (exact) mass is 321 g/mol. The molecule has 4 nitrogen and oxygen atoms in total. The van der Waals surface area contributed by atoms with Crippen molar-refractivity contribution in [1.82, 2.24) is 4.31 Å². The molecule has 1 atom stereocenters. The Kier molecular flexibility index (Phi) is 5.01. The molecule has 1 N–H and O–H groups in total. The fourth-order valence-electron chi connectivity index (χ4n) is 2.45. The average molecular weight is 322 g/mol. The van der Waals surface area contributed by atoms with Crippen LogP contribution in [0.25, 0.3) is 0 Å². The van der Waals surface area contributed by atoms with Crippen LogP contribution in [-0.2, 0) is 10.0 Å². The molecule has 1 aromatic rings. The molecule has 1 aromatic carbocycles. The van der Waals surface area contributed by atoms with Crippen molar-refractivity contribution in [2.45, 2.75) is 24.2 Å². The molecule has 0 amide bonds. The van der Waals surface area contributed by atoms with Crippen LogP contribution in [0.2, 0.25) is 5.02 Å². The SMILES string of the molecule is O=S(=O)(c1ccc(F)c(Cl)c1)N1CCCC(CCO)C1. The highest BCUT2D eigenvalue weighted by atomic mass is 35.5. The predicted octanol–water partition coefficient (Wildman–Crippen LogP) is 2.26. The van der Waals surface area contributed by atoms with E-state index in [0.717, 1.165) is 25.0 Å². The van der Waals surface area contributed by atoms with E-state index < -0.39 is 15.8 Å². The summed E-state index contributed by atoms with van der Waals surface area (Å²) in [5.74, 6) is -0.470. The van der Waals surface area contributed by atoms with Crippen LogP contribution in [0.5, 0.6) is 0 Å². The topological polar surface area (TPSA) is 57.6 Å². The van der Waals surface area contributed by atoms with E-state index in [1.54, 1.807) is 0 Å². The molecule has 0 aliphatic carbocycles. The second-order valence-electron chi connectivity index (χ2n) is 4.96. The molecule has 112 valence electrons. The lowest BCUT2D eigenvalue weighted by Gasteiger charge is -2.31. The number of nitrogens with zero attached hydrogens (tertiary/aromatic N) is 1. The lowest BCUT2D eigenvalue weighted by Crippen LogP contribution is -2.40. The Morgan fingerprint density at radius 1 is 1.45 bits per heavy atom. The van der Waals surface area contributed by atoms with Crippen LogP contribution < -0.4 is 0 Å².